The summed E-state index contributed by atoms with van der Waals surface area (Å²) in [6.07, 6.45) is 1.43. The van der Waals surface area contributed by atoms with Crippen LogP contribution in [0.25, 0.3) is 0 Å². The van der Waals surface area contributed by atoms with Gasteiger partial charge in [0.2, 0.25) is 5.83 Å². The molecule has 0 aromatic rings. The Morgan fingerprint density at radius 2 is 2.38 bits per heavy atom. The Bertz CT molecular complexity index is 118. The van der Waals surface area contributed by atoms with Gasteiger partial charge in [0.05, 0.1) is 0 Å². The lowest BCUT2D eigenvalue weighted by atomic mass is 10.4. The molecule has 0 radical (unpaired) electrons. The molecule has 0 aliphatic heterocycles. The lowest BCUT2D eigenvalue weighted by Gasteiger charge is -1.82. The summed E-state index contributed by atoms with van der Waals surface area (Å²) in [6, 6.07) is 0. The number of carboxylic acid groups (broad SMARTS) is 1. The first-order chi connectivity index (χ1) is 3.68. The Kier molecular flexibility index (Phi) is 2.84. The second kappa shape index (κ2) is 3.18. The number of allylic oxidation sites excluding steroid dienone is 1. The highest BCUT2D eigenvalue weighted by Gasteiger charge is 2.01. The van der Waals surface area contributed by atoms with Crippen molar-refractivity contribution in [1.29, 1.82) is 0 Å². The smallest absolute Gasteiger partial charge is 0.364 e. The quantitative estimate of drug-likeness (QED) is 0.555. The lowest BCUT2D eigenvalue weighted by Crippen LogP contribution is -1.93. The summed E-state index contributed by atoms with van der Waals surface area (Å²) in [7, 11) is 0. The average molecular weight is 118 g/mol. The molecule has 0 aromatic heterocycles. The van der Waals surface area contributed by atoms with Crippen LogP contribution in [-0.4, -0.2) is 11.1 Å². The highest BCUT2D eigenvalue weighted by atomic mass is 19.1. The van der Waals surface area contributed by atoms with Gasteiger partial charge in [-0.3, -0.25) is 0 Å². The van der Waals surface area contributed by atoms with E-state index < -0.39 is 11.8 Å². The van der Waals surface area contributed by atoms with Crippen molar-refractivity contribution in [3.05, 3.63) is 11.9 Å². The maximum atomic E-state index is 11.8. The van der Waals surface area contributed by atoms with Crippen LogP contribution in [-0.2, 0) is 4.79 Å². The number of halogens is 1. The van der Waals surface area contributed by atoms with E-state index >= 15 is 0 Å². The van der Waals surface area contributed by atoms with E-state index in [0.29, 0.717) is 6.42 Å². The van der Waals surface area contributed by atoms with Gasteiger partial charge >= 0.3 is 5.97 Å². The van der Waals surface area contributed by atoms with E-state index in [-0.39, 0.29) is 0 Å². The fraction of sp³-hybridized carbons (Fsp3) is 0.400. The second-order valence-electron chi connectivity index (χ2n) is 1.27. The predicted molar refractivity (Wildman–Crippen MR) is 27.1 cm³/mol. The normalized spacial score (nSPS) is 11.5. The molecule has 0 aliphatic rings. The van der Waals surface area contributed by atoms with Gasteiger partial charge in [0.25, 0.3) is 0 Å². The van der Waals surface area contributed by atoms with Crippen molar-refractivity contribution >= 4 is 5.97 Å². The molecule has 1 N–H and O–H groups in total. The van der Waals surface area contributed by atoms with E-state index in [1.54, 1.807) is 6.92 Å². The average Bonchev–Trinajstić information content (AvgIpc) is 1.67. The molecule has 8 heavy (non-hydrogen) atoms. The van der Waals surface area contributed by atoms with E-state index in [0.717, 1.165) is 6.08 Å². The van der Waals surface area contributed by atoms with Crippen LogP contribution < -0.4 is 0 Å². The molecule has 0 saturated heterocycles. The first-order valence-corrected chi connectivity index (χ1v) is 2.27. The second-order valence-corrected chi connectivity index (χ2v) is 1.27. The van der Waals surface area contributed by atoms with Crippen LogP contribution in [0.3, 0.4) is 0 Å². The van der Waals surface area contributed by atoms with Crippen LogP contribution in [0.5, 0.6) is 0 Å². The number of carbonyl (C=O) groups is 1. The molecule has 46 valence electrons. The Morgan fingerprint density at radius 1 is 1.88 bits per heavy atom. The molecular formula is C5H7FO2. The van der Waals surface area contributed by atoms with Crippen LogP contribution in [0.1, 0.15) is 13.3 Å². The molecule has 0 heterocycles. The number of carboxylic acids is 1. The Labute approximate surface area is 46.6 Å². The molecule has 0 atom stereocenters. The van der Waals surface area contributed by atoms with E-state index in [1.807, 2.05) is 0 Å². The molecule has 0 aliphatic carbocycles. The summed E-state index contributed by atoms with van der Waals surface area (Å²) in [5.41, 5.74) is 0. The third kappa shape index (κ3) is 2.34. The lowest BCUT2D eigenvalue weighted by molar-refractivity contribution is -0.134. The van der Waals surface area contributed by atoms with Gasteiger partial charge < -0.3 is 5.11 Å². The maximum Gasteiger partial charge on any atom is 0.364 e. The van der Waals surface area contributed by atoms with Crippen molar-refractivity contribution in [2.45, 2.75) is 13.3 Å². The van der Waals surface area contributed by atoms with E-state index in [2.05, 4.69) is 0 Å². The molecule has 0 fully saturated rings. The van der Waals surface area contributed by atoms with Gasteiger partial charge in [-0.1, -0.05) is 6.92 Å². The van der Waals surface area contributed by atoms with E-state index in [9.17, 15) is 9.18 Å². The minimum absolute atomic E-state index is 0.415. The van der Waals surface area contributed by atoms with Crippen LogP contribution in [0.15, 0.2) is 11.9 Å². The third-order valence-electron chi connectivity index (χ3n) is 0.588. The largest absolute Gasteiger partial charge is 0.476 e. The van der Waals surface area contributed by atoms with Crippen LogP contribution >= 0.6 is 0 Å². The van der Waals surface area contributed by atoms with E-state index in [1.165, 1.54) is 0 Å². The summed E-state index contributed by atoms with van der Waals surface area (Å²) >= 11 is 0. The molecular weight excluding hydrogens is 111 g/mol. The number of rotatable bonds is 2. The Balaban J connectivity index is 3.80. The fourth-order valence-electron chi connectivity index (χ4n) is 0.267. The molecule has 0 spiro atoms. The fourth-order valence-corrected chi connectivity index (χ4v) is 0.267. The maximum absolute atomic E-state index is 11.8. The zero-order chi connectivity index (χ0) is 6.57. The van der Waals surface area contributed by atoms with Gasteiger partial charge in [0.1, 0.15) is 0 Å². The first-order valence-electron chi connectivity index (χ1n) is 2.27. The Hall–Kier alpha value is -0.860. The molecule has 0 amide bonds. The highest BCUT2D eigenvalue weighted by molar-refractivity contribution is 5.83. The molecule has 3 heteroatoms. The van der Waals surface area contributed by atoms with Gasteiger partial charge in [-0.25, -0.2) is 4.79 Å². The monoisotopic (exact) mass is 118 g/mol. The SMILES string of the molecule is CC/C=C(/F)C(=O)O. The van der Waals surface area contributed by atoms with Crippen molar-refractivity contribution in [3.8, 4) is 0 Å². The van der Waals surface area contributed by atoms with E-state index in [4.69, 9.17) is 5.11 Å². The van der Waals surface area contributed by atoms with Crippen molar-refractivity contribution < 1.29 is 14.3 Å². The van der Waals surface area contributed by atoms with Crippen molar-refractivity contribution in [2.24, 2.45) is 0 Å². The Morgan fingerprint density at radius 3 is 2.50 bits per heavy atom. The van der Waals surface area contributed by atoms with Gasteiger partial charge in [-0.2, -0.15) is 4.39 Å². The first kappa shape index (κ1) is 7.14. The van der Waals surface area contributed by atoms with Crippen LogP contribution in [0.4, 0.5) is 4.39 Å². The summed E-state index contributed by atoms with van der Waals surface area (Å²) in [4.78, 5) is 9.65. The van der Waals surface area contributed by atoms with Crippen LogP contribution in [0.2, 0.25) is 0 Å². The van der Waals surface area contributed by atoms with Gasteiger partial charge in [-0.15, -0.1) is 0 Å². The standard InChI is InChI=1S/C5H7FO2/c1-2-3-4(6)5(7)8/h3H,2H2,1H3,(H,7,8)/b4-3+. The molecule has 0 bridgehead atoms. The zero-order valence-corrected chi connectivity index (χ0v) is 4.52. The van der Waals surface area contributed by atoms with Crippen molar-refractivity contribution in [1.82, 2.24) is 0 Å². The topological polar surface area (TPSA) is 37.3 Å². The van der Waals surface area contributed by atoms with Crippen LogP contribution in [0, 0.1) is 0 Å². The summed E-state index contributed by atoms with van der Waals surface area (Å²) in [6.45, 7) is 1.67. The summed E-state index contributed by atoms with van der Waals surface area (Å²) < 4.78 is 11.8. The van der Waals surface area contributed by atoms with Gasteiger partial charge in [0, 0.05) is 0 Å². The molecule has 0 aromatic carbocycles. The molecule has 0 saturated carbocycles. The summed E-state index contributed by atoms with van der Waals surface area (Å²) in [5, 5.41) is 7.87. The molecule has 2 nitrogen and oxygen atoms in total. The van der Waals surface area contributed by atoms with Gasteiger partial charge in [0.15, 0.2) is 0 Å². The number of hydrogen-bond acceptors (Lipinski definition) is 1. The van der Waals surface area contributed by atoms with Gasteiger partial charge in [-0.05, 0) is 12.5 Å². The highest BCUT2D eigenvalue weighted by Crippen LogP contribution is 1.96. The predicted octanol–water partition coefficient (Wildman–Crippen LogP) is 1.33. The number of aliphatic carboxylic acids is 1. The number of hydrogen-bond donors (Lipinski definition) is 1. The van der Waals surface area contributed by atoms with Crippen molar-refractivity contribution in [3.63, 3.8) is 0 Å². The van der Waals surface area contributed by atoms with Crippen molar-refractivity contribution in [2.75, 3.05) is 0 Å². The minimum atomic E-state index is -1.49. The summed E-state index contributed by atoms with van der Waals surface area (Å²) in [5.74, 6) is -2.57. The molecule has 0 unspecified atom stereocenters. The zero-order valence-electron chi connectivity index (χ0n) is 4.52. The minimum Gasteiger partial charge on any atom is -0.476 e. The third-order valence-corrected chi connectivity index (χ3v) is 0.588. The molecule has 0 rings (SSSR count).